The minimum Gasteiger partial charge on any atom is -0.495 e. The highest BCUT2D eigenvalue weighted by molar-refractivity contribution is 7.92. The number of nitrogens with one attached hydrogen (secondary N) is 1. The Hall–Kier alpha value is -3.85. The van der Waals surface area contributed by atoms with Crippen molar-refractivity contribution in [3.63, 3.8) is 0 Å². The topological polar surface area (TPSA) is 91.3 Å². The third-order valence-electron chi connectivity index (χ3n) is 8.55. The zero-order valence-electron chi connectivity index (χ0n) is 25.4. The third-order valence-corrected chi connectivity index (χ3v) is 9.95. The lowest BCUT2D eigenvalue weighted by atomic mass is 9.83. The van der Waals surface area contributed by atoms with Crippen molar-refractivity contribution >= 4 is 39.2 Å². The highest BCUT2D eigenvalue weighted by Crippen LogP contribution is 2.41. The minimum absolute atomic E-state index is 0.0564. The Kier molecular flexibility index (Phi) is 9.70. The lowest BCUT2D eigenvalue weighted by Gasteiger charge is -2.25. The molecule has 1 aliphatic carbocycles. The Morgan fingerprint density at radius 3 is 2.49 bits per heavy atom. The molecule has 2 fully saturated rings. The monoisotopic (exact) mass is 602 g/mol. The first-order valence-corrected chi connectivity index (χ1v) is 16.7. The smallest absolute Gasteiger partial charge is 0.264 e. The Balaban J connectivity index is 1.32. The zero-order valence-corrected chi connectivity index (χ0v) is 26.2. The summed E-state index contributed by atoms with van der Waals surface area (Å²) in [5.41, 5.74) is 4.23. The molecule has 0 spiro atoms. The maximum Gasteiger partial charge on any atom is 0.264 e. The predicted octanol–water partition coefficient (Wildman–Crippen LogP) is 6.93. The van der Waals surface area contributed by atoms with Crippen LogP contribution in [0.15, 0.2) is 70.6 Å². The molecule has 8 nitrogen and oxygen atoms in total. The van der Waals surface area contributed by atoms with Crippen molar-refractivity contribution in [2.45, 2.75) is 63.2 Å². The van der Waals surface area contributed by atoms with Gasteiger partial charge in [0.1, 0.15) is 10.6 Å². The van der Waals surface area contributed by atoms with Crippen LogP contribution in [0.1, 0.15) is 72.9 Å². The van der Waals surface area contributed by atoms with Crippen molar-refractivity contribution in [2.24, 2.45) is 4.99 Å². The molecule has 1 amide bonds. The van der Waals surface area contributed by atoms with Crippen LogP contribution in [-0.2, 0) is 10.0 Å². The van der Waals surface area contributed by atoms with Crippen LogP contribution >= 0.6 is 0 Å². The van der Waals surface area contributed by atoms with Crippen LogP contribution in [0.2, 0.25) is 0 Å². The molecule has 1 saturated heterocycles. The van der Waals surface area contributed by atoms with E-state index in [2.05, 4.69) is 14.6 Å². The highest BCUT2D eigenvalue weighted by atomic mass is 32.2. The van der Waals surface area contributed by atoms with Crippen molar-refractivity contribution in [1.29, 1.82) is 0 Å². The summed E-state index contributed by atoms with van der Waals surface area (Å²) < 4.78 is 35.7. The molecule has 1 N–H and O–H groups in total. The first-order valence-electron chi connectivity index (χ1n) is 15.2. The Morgan fingerprint density at radius 1 is 0.953 bits per heavy atom. The summed E-state index contributed by atoms with van der Waals surface area (Å²) in [6.45, 7) is 6.39. The number of carbonyl (C=O) groups excluding carboxylic acids is 1. The molecule has 0 aromatic heterocycles. The van der Waals surface area contributed by atoms with Crippen LogP contribution in [-0.4, -0.2) is 58.7 Å². The molecule has 1 saturated carbocycles. The summed E-state index contributed by atoms with van der Waals surface area (Å²) in [4.78, 5) is 22.4. The van der Waals surface area contributed by atoms with Crippen molar-refractivity contribution < 1.29 is 17.9 Å². The quantitative estimate of drug-likeness (QED) is 0.283. The predicted molar refractivity (Wildman–Crippen MR) is 174 cm³/mol. The zero-order chi connectivity index (χ0) is 30.4. The first-order chi connectivity index (χ1) is 20.8. The number of amides is 1. The number of para-hydroxylation sites is 3. The van der Waals surface area contributed by atoms with Gasteiger partial charge in [0, 0.05) is 38.0 Å². The molecular formula is C34H42N4O4S. The molecular weight excluding hydrogens is 560 g/mol. The van der Waals surface area contributed by atoms with Crippen molar-refractivity contribution in [3.05, 3.63) is 77.4 Å². The number of hydrogen-bond acceptors (Lipinski definition) is 6. The van der Waals surface area contributed by atoms with Gasteiger partial charge in [0.15, 0.2) is 0 Å². The molecule has 3 aromatic rings. The summed E-state index contributed by atoms with van der Waals surface area (Å²) in [6.07, 6.45) is 8.11. The summed E-state index contributed by atoms with van der Waals surface area (Å²) in [7, 11) is -2.25. The van der Waals surface area contributed by atoms with Gasteiger partial charge in [0.2, 0.25) is 0 Å². The SMILES string of the molecule is C/C=N\c1c(C2CCCCC2)cccc1S(=O)(=O)Nc1ccc(C(=O)N2CCCN(c3ccccc3OC)CC2)cc1C. The molecule has 2 aliphatic rings. The molecule has 0 atom stereocenters. The van der Waals surface area contributed by atoms with Crippen LogP contribution in [0.3, 0.4) is 0 Å². The van der Waals surface area contributed by atoms with E-state index in [0.717, 1.165) is 55.6 Å². The van der Waals surface area contributed by atoms with Gasteiger partial charge in [0.25, 0.3) is 15.9 Å². The van der Waals surface area contributed by atoms with Gasteiger partial charge in [-0.3, -0.25) is 14.5 Å². The fraction of sp³-hybridized carbons (Fsp3) is 0.412. The average molecular weight is 603 g/mol. The maximum absolute atomic E-state index is 13.7. The Labute approximate surface area is 255 Å². The summed E-state index contributed by atoms with van der Waals surface area (Å²) in [5.74, 6) is 1.08. The molecule has 0 bridgehead atoms. The molecule has 9 heteroatoms. The van der Waals surface area contributed by atoms with Gasteiger partial charge in [-0.25, -0.2) is 8.42 Å². The van der Waals surface area contributed by atoms with E-state index in [9.17, 15) is 13.2 Å². The van der Waals surface area contributed by atoms with Crippen molar-refractivity contribution in [2.75, 3.05) is 42.9 Å². The number of benzene rings is 3. The van der Waals surface area contributed by atoms with Gasteiger partial charge in [-0.15, -0.1) is 0 Å². The number of methoxy groups -OCH3 is 1. The van der Waals surface area contributed by atoms with Gasteiger partial charge in [0.05, 0.1) is 24.2 Å². The lowest BCUT2D eigenvalue weighted by Crippen LogP contribution is -2.35. The van der Waals surface area contributed by atoms with Gasteiger partial charge >= 0.3 is 0 Å². The molecule has 3 aromatic carbocycles. The second-order valence-corrected chi connectivity index (χ2v) is 13.0. The number of anilines is 2. The average Bonchev–Trinajstić information content (AvgIpc) is 3.28. The van der Waals surface area contributed by atoms with Crippen molar-refractivity contribution in [1.82, 2.24) is 4.90 Å². The van der Waals surface area contributed by atoms with Gasteiger partial charge in [-0.1, -0.05) is 43.5 Å². The number of rotatable bonds is 8. The number of nitrogens with zero attached hydrogens (tertiary/aromatic N) is 3. The molecule has 5 rings (SSSR count). The van der Waals surface area contributed by atoms with Crippen LogP contribution in [0.5, 0.6) is 5.75 Å². The summed E-state index contributed by atoms with van der Waals surface area (Å²) >= 11 is 0. The second kappa shape index (κ2) is 13.6. The molecule has 0 radical (unpaired) electrons. The largest absolute Gasteiger partial charge is 0.495 e. The van der Waals surface area contributed by atoms with E-state index in [1.807, 2.05) is 55.1 Å². The van der Waals surface area contributed by atoms with E-state index in [1.54, 1.807) is 37.6 Å². The lowest BCUT2D eigenvalue weighted by molar-refractivity contribution is 0.0767. The molecule has 43 heavy (non-hydrogen) atoms. The van der Waals surface area contributed by atoms with Gasteiger partial charge in [-0.05, 0) is 86.6 Å². The van der Waals surface area contributed by atoms with E-state index in [0.29, 0.717) is 48.1 Å². The van der Waals surface area contributed by atoms with E-state index in [-0.39, 0.29) is 10.8 Å². The summed E-state index contributed by atoms with van der Waals surface area (Å²) in [6, 6.07) is 18.6. The van der Waals surface area contributed by atoms with Gasteiger partial charge in [-0.2, -0.15) is 0 Å². The molecule has 1 heterocycles. The van der Waals surface area contributed by atoms with E-state index >= 15 is 0 Å². The Morgan fingerprint density at radius 2 is 1.74 bits per heavy atom. The number of hydrogen-bond donors (Lipinski definition) is 1. The van der Waals surface area contributed by atoms with Crippen molar-refractivity contribution in [3.8, 4) is 5.75 Å². The maximum atomic E-state index is 13.7. The fourth-order valence-corrected chi connectivity index (χ4v) is 7.62. The minimum atomic E-state index is -3.92. The molecule has 228 valence electrons. The van der Waals surface area contributed by atoms with Crippen LogP contribution in [0.4, 0.5) is 17.1 Å². The number of aryl methyl sites for hydroxylation is 1. The van der Waals surface area contributed by atoms with Crippen LogP contribution in [0, 0.1) is 6.92 Å². The second-order valence-electron chi connectivity index (χ2n) is 11.4. The molecule has 0 unspecified atom stereocenters. The van der Waals surface area contributed by atoms with Gasteiger partial charge < -0.3 is 14.5 Å². The van der Waals surface area contributed by atoms with E-state index < -0.39 is 10.0 Å². The third kappa shape index (κ3) is 6.88. The molecule has 1 aliphatic heterocycles. The van der Waals surface area contributed by atoms with E-state index in [4.69, 9.17) is 4.74 Å². The standard InChI is InChI=1S/C34H42N4O4S/c1-4-35-33-28(26-12-6-5-7-13-26)14-10-17-32(33)43(40,41)36-29-19-18-27(24-25(29)2)34(39)38-21-11-20-37(22-23-38)30-15-8-9-16-31(30)42-3/h4,8-10,14-19,24,26,36H,5-7,11-13,20-23H2,1-3H3/b35-4-. The van der Waals surface area contributed by atoms with E-state index in [1.165, 1.54) is 6.42 Å². The fourth-order valence-electron chi connectivity index (χ4n) is 6.31. The van der Waals surface area contributed by atoms with Crippen LogP contribution in [0.25, 0.3) is 0 Å². The first kappa shape index (κ1) is 30.6. The number of carbonyl (C=O) groups is 1. The number of aliphatic imine (C=N–C) groups is 1. The normalized spacial score (nSPS) is 16.7. The number of ether oxygens (including phenoxy) is 1. The summed E-state index contributed by atoms with van der Waals surface area (Å²) in [5, 5.41) is 0. The highest BCUT2D eigenvalue weighted by Gasteiger charge is 2.27. The Bertz CT molecular complexity index is 1580. The van der Waals surface area contributed by atoms with Crippen LogP contribution < -0.4 is 14.4 Å². The number of sulfonamides is 1.